The molecule has 0 unspecified atom stereocenters. The van der Waals surface area contributed by atoms with Gasteiger partial charge in [0.1, 0.15) is 0 Å². The Morgan fingerprint density at radius 2 is 1.48 bits per heavy atom. The molecule has 0 bridgehead atoms. The minimum atomic E-state index is 0.626. The van der Waals surface area contributed by atoms with E-state index in [4.69, 9.17) is 11.5 Å². The highest BCUT2D eigenvalue weighted by Crippen LogP contribution is 2.31. The van der Waals surface area contributed by atoms with Gasteiger partial charge in [-0.3, -0.25) is 0 Å². The largest absolute Gasteiger partial charge is 0.397 e. The van der Waals surface area contributed by atoms with E-state index in [0.29, 0.717) is 11.4 Å². The van der Waals surface area contributed by atoms with Gasteiger partial charge in [0.25, 0.3) is 0 Å². The number of hydrogen-bond acceptors (Lipinski definition) is 3. The van der Waals surface area contributed by atoms with Crippen LogP contribution in [-0.4, -0.2) is 13.1 Å². The predicted octanol–water partition coefficient (Wildman–Crippen LogP) is 4.42. The summed E-state index contributed by atoms with van der Waals surface area (Å²) in [6, 6.07) is 14.2. The third-order valence-electron chi connectivity index (χ3n) is 3.80. The maximum Gasteiger partial charge on any atom is 0.0785 e. The van der Waals surface area contributed by atoms with E-state index in [-0.39, 0.29) is 0 Å². The van der Waals surface area contributed by atoms with Crippen LogP contribution in [-0.2, 0) is 0 Å². The number of hydrogen-bond donors (Lipinski definition) is 2. The van der Waals surface area contributed by atoms with Crippen LogP contribution in [0, 0.1) is 0 Å². The lowest BCUT2D eigenvalue weighted by Gasteiger charge is -2.24. The summed E-state index contributed by atoms with van der Waals surface area (Å²) in [4.78, 5) is 2.21. The summed E-state index contributed by atoms with van der Waals surface area (Å²) in [7, 11) is 0. The lowest BCUT2D eigenvalue weighted by Crippen LogP contribution is -2.23. The molecule has 0 aliphatic heterocycles. The van der Waals surface area contributed by atoms with Gasteiger partial charge < -0.3 is 16.4 Å². The molecule has 0 amide bonds. The molecule has 0 radical (unpaired) electrons. The molecule has 2 aromatic carbocycles. The molecule has 0 heterocycles. The van der Waals surface area contributed by atoms with Crippen LogP contribution in [0.5, 0.6) is 0 Å². The van der Waals surface area contributed by atoms with Crippen molar-refractivity contribution in [1.29, 1.82) is 0 Å². The summed E-state index contributed by atoms with van der Waals surface area (Å²) >= 11 is 0. The van der Waals surface area contributed by atoms with E-state index in [0.717, 1.165) is 24.3 Å². The minimum absolute atomic E-state index is 0.626. The Kier molecular flexibility index (Phi) is 5.87. The van der Waals surface area contributed by atoms with Crippen LogP contribution in [0.3, 0.4) is 0 Å². The summed E-state index contributed by atoms with van der Waals surface area (Å²) in [5.74, 6) is 0. The van der Waals surface area contributed by atoms with Gasteiger partial charge in [-0.15, -0.1) is 0 Å². The standard InChI is InChI=1S/C20H25N3/c1-3-23(4-2)19-15-17(14-18(21)20(19)22)13-9-8-12-16-10-6-5-7-11-16/h5-15H,3-4,21-22H2,1-2H3/b12-8+,13-9+. The van der Waals surface area contributed by atoms with Gasteiger partial charge in [0, 0.05) is 13.1 Å². The van der Waals surface area contributed by atoms with Crippen molar-refractivity contribution in [2.75, 3.05) is 29.5 Å². The van der Waals surface area contributed by atoms with Crippen molar-refractivity contribution in [3.8, 4) is 0 Å². The molecule has 2 aromatic rings. The fraction of sp³-hybridized carbons (Fsp3) is 0.200. The van der Waals surface area contributed by atoms with Crippen LogP contribution in [0.2, 0.25) is 0 Å². The van der Waals surface area contributed by atoms with E-state index in [2.05, 4.69) is 43.0 Å². The molecule has 0 fully saturated rings. The first-order valence-corrected chi connectivity index (χ1v) is 7.99. The van der Waals surface area contributed by atoms with Crippen LogP contribution in [0.4, 0.5) is 17.1 Å². The Morgan fingerprint density at radius 1 is 0.870 bits per heavy atom. The number of anilines is 3. The number of allylic oxidation sites excluding steroid dienone is 2. The van der Waals surface area contributed by atoms with E-state index in [1.807, 2.05) is 42.5 Å². The first-order valence-electron chi connectivity index (χ1n) is 7.99. The zero-order chi connectivity index (χ0) is 16.7. The van der Waals surface area contributed by atoms with Crippen molar-refractivity contribution < 1.29 is 0 Å². The molecular formula is C20H25N3. The molecule has 0 spiro atoms. The van der Waals surface area contributed by atoms with Crippen LogP contribution >= 0.6 is 0 Å². The number of nitrogen functional groups attached to an aromatic ring is 2. The SMILES string of the molecule is CCN(CC)c1cc(/C=C/C=C/c2ccccc2)cc(N)c1N. The average molecular weight is 307 g/mol. The third kappa shape index (κ3) is 4.39. The van der Waals surface area contributed by atoms with Gasteiger partial charge >= 0.3 is 0 Å². The Balaban J connectivity index is 2.20. The van der Waals surface area contributed by atoms with E-state index >= 15 is 0 Å². The third-order valence-corrected chi connectivity index (χ3v) is 3.80. The number of nitrogens with zero attached hydrogens (tertiary/aromatic N) is 1. The van der Waals surface area contributed by atoms with Crippen molar-refractivity contribution in [1.82, 2.24) is 0 Å². The molecule has 0 saturated carbocycles. The van der Waals surface area contributed by atoms with Gasteiger partial charge in [-0.25, -0.2) is 0 Å². The number of rotatable bonds is 6. The molecule has 0 saturated heterocycles. The molecule has 0 atom stereocenters. The molecule has 0 aliphatic carbocycles. The lowest BCUT2D eigenvalue weighted by atomic mass is 10.1. The Morgan fingerprint density at radius 3 is 2.09 bits per heavy atom. The maximum absolute atomic E-state index is 6.13. The summed E-state index contributed by atoms with van der Waals surface area (Å²) in [5.41, 5.74) is 16.7. The normalized spacial score (nSPS) is 11.4. The Hall–Kier alpha value is -2.68. The second kappa shape index (κ2) is 8.08. The van der Waals surface area contributed by atoms with Crippen molar-refractivity contribution in [3.63, 3.8) is 0 Å². The highest BCUT2D eigenvalue weighted by Gasteiger charge is 2.09. The highest BCUT2D eigenvalue weighted by atomic mass is 15.1. The van der Waals surface area contributed by atoms with Crippen molar-refractivity contribution in [3.05, 3.63) is 65.7 Å². The zero-order valence-corrected chi connectivity index (χ0v) is 13.9. The maximum atomic E-state index is 6.13. The number of benzene rings is 2. The molecule has 3 nitrogen and oxygen atoms in total. The Labute approximate surface area is 138 Å². The van der Waals surface area contributed by atoms with Crippen molar-refractivity contribution in [2.24, 2.45) is 0 Å². The molecule has 0 aromatic heterocycles. The van der Waals surface area contributed by atoms with Gasteiger partial charge in [0.2, 0.25) is 0 Å². The van der Waals surface area contributed by atoms with Gasteiger partial charge in [0.05, 0.1) is 17.1 Å². The quantitative estimate of drug-likeness (QED) is 0.613. The lowest BCUT2D eigenvalue weighted by molar-refractivity contribution is 0.868. The van der Waals surface area contributed by atoms with E-state index in [9.17, 15) is 0 Å². The molecule has 0 aliphatic rings. The van der Waals surface area contributed by atoms with E-state index < -0.39 is 0 Å². The van der Waals surface area contributed by atoms with Crippen LogP contribution in [0.1, 0.15) is 25.0 Å². The summed E-state index contributed by atoms with van der Waals surface area (Å²) < 4.78 is 0. The summed E-state index contributed by atoms with van der Waals surface area (Å²) in [6.07, 6.45) is 8.16. The predicted molar refractivity (Wildman–Crippen MR) is 103 cm³/mol. The van der Waals surface area contributed by atoms with Gasteiger partial charge in [-0.1, -0.05) is 54.6 Å². The zero-order valence-electron chi connectivity index (χ0n) is 13.9. The molecule has 3 heteroatoms. The smallest absolute Gasteiger partial charge is 0.0785 e. The van der Waals surface area contributed by atoms with Gasteiger partial charge in [-0.05, 0) is 37.1 Å². The van der Waals surface area contributed by atoms with Gasteiger partial charge in [-0.2, -0.15) is 0 Å². The second-order valence-electron chi connectivity index (χ2n) is 5.34. The number of nitrogens with two attached hydrogens (primary N) is 2. The fourth-order valence-corrected chi connectivity index (χ4v) is 2.50. The summed E-state index contributed by atoms with van der Waals surface area (Å²) in [6.45, 7) is 6.04. The Bertz CT molecular complexity index is 684. The van der Waals surface area contributed by atoms with E-state index in [1.54, 1.807) is 0 Å². The van der Waals surface area contributed by atoms with Crippen molar-refractivity contribution in [2.45, 2.75) is 13.8 Å². The molecule has 23 heavy (non-hydrogen) atoms. The van der Waals surface area contributed by atoms with Crippen molar-refractivity contribution >= 4 is 29.2 Å². The summed E-state index contributed by atoms with van der Waals surface area (Å²) in [5, 5.41) is 0. The van der Waals surface area contributed by atoms with Gasteiger partial charge in [0.15, 0.2) is 0 Å². The van der Waals surface area contributed by atoms with Crippen LogP contribution < -0.4 is 16.4 Å². The molecule has 120 valence electrons. The second-order valence-corrected chi connectivity index (χ2v) is 5.34. The molecular weight excluding hydrogens is 282 g/mol. The monoisotopic (exact) mass is 307 g/mol. The van der Waals surface area contributed by atoms with Crippen LogP contribution in [0.15, 0.2) is 54.6 Å². The molecule has 2 rings (SSSR count). The van der Waals surface area contributed by atoms with Crippen LogP contribution in [0.25, 0.3) is 12.2 Å². The molecule has 4 N–H and O–H groups in total. The topological polar surface area (TPSA) is 55.3 Å². The minimum Gasteiger partial charge on any atom is -0.397 e. The fourth-order valence-electron chi connectivity index (χ4n) is 2.50. The first-order chi connectivity index (χ1) is 11.2. The van der Waals surface area contributed by atoms with E-state index in [1.165, 1.54) is 5.56 Å². The average Bonchev–Trinajstić information content (AvgIpc) is 2.57. The highest BCUT2D eigenvalue weighted by molar-refractivity contribution is 5.83. The first kappa shape index (κ1) is 16.7.